The lowest BCUT2D eigenvalue weighted by molar-refractivity contribution is -0.126. The summed E-state index contributed by atoms with van der Waals surface area (Å²) in [5.74, 6) is 0.309. The number of imide groups is 1. The second-order valence-electron chi connectivity index (χ2n) is 4.56. The lowest BCUT2D eigenvalue weighted by Gasteiger charge is -2.18. The zero-order chi connectivity index (χ0) is 14.7. The predicted octanol–water partition coefficient (Wildman–Crippen LogP) is 1.08. The summed E-state index contributed by atoms with van der Waals surface area (Å²) < 4.78 is 6.33. The van der Waals surface area contributed by atoms with E-state index in [1.807, 2.05) is 12.1 Å². The molecule has 1 saturated heterocycles. The Balaban J connectivity index is 1.83. The van der Waals surface area contributed by atoms with Crippen molar-refractivity contribution in [3.8, 4) is 5.75 Å². The van der Waals surface area contributed by atoms with E-state index in [2.05, 4.69) is 15.9 Å². The van der Waals surface area contributed by atoms with Crippen LogP contribution in [-0.2, 0) is 4.79 Å². The molecule has 1 atom stereocenters. The number of aliphatic hydroxyl groups excluding tert-OH is 1. The van der Waals surface area contributed by atoms with Crippen LogP contribution in [0.2, 0.25) is 0 Å². The Morgan fingerprint density at radius 3 is 2.55 bits per heavy atom. The fourth-order valence-corrected chi connectivity index (χ4v) is 2.10. The molecule has 2 rings (SSSR count). The normalized spacial score (nSPS) is 16.8. The highest BCUT2D eigenvalue weighted by molar-refractivity contribution is 9.10. The smallest absolute Gasteiger partial charge is 0.327 e. The highest BCUT2D eigenvalue weighted by atomic mass is 79.9. The van der Waals surface area contributed by atoms with Gasteiger partial charge in [-0.2, -0.15) is 0 Å². The minimum atomic E-state index is -0.918. The highest BCUT2D eigenvalue weighted by Gasteiger charge is 2.34. The molecule has 0 radical (unpaired) electrons. The first-order valence-electron chi connectivity index (χ1n) is 6.09. The van der Waals surface area contributed by atoms with E-state index in [9.17, 15) is 14.7 Å². The first-order valence-corrected chi connectivity index (χ1v) is 6.88. The van der Waals surface area contributed by atoms with Crippen molar-refractivity contribution in [2.45, 2.75) is 6.10 Å². The molecule has 1 fully saturated rings. The number of aliphatic hydroxyl groups is 1. The van der Waals surface area contributed by atoms with Gasteiger partial charge in [-0.3, -0.25) is 9.69 Å². The molecule has 0 aromatic heterocycles. The van der Waals surface area contributed by atoms with Crippen molar-refractivity contribution in [3.05, 3.63) is 28.7 Å². The lowest BCUT2D eigenvalue weighted by Crippen LogP contribution is -2.40. The SMILES string of the molecule is CN1CC(=O)N(C[C@@H](O)COc2ccc(Br)cc2)C1=O. The second-order valence-corrected chi connectivity index (χ2v) is 5.48. The summed E-state index contributed by atoms with van der Waals surface area (Å²) in [6.07, 6.45) is -0.918. The van der Waals surface area contributed by atoms with E-state index in [1.54, 1.807) is 19.2 Å². The fraction of sp³-hybridized carbons (Fsp3) is 0.385. The maximum absolute atomic E-state index is 11.6. The number of ether oxygens (including phenoxy) is 1. The summed E-state index contributed by atoms with van der Waals surface area (Å²) in [6, 6.07) is 6.78. The summed E-state index contributed by atoms with van der Waals surface area (Å²) >= 11 is 3.31. The van der Waals surface area contributed by atoms with Crippen molar-refractivity contribution in [3.63, 3.8) is 0 Å². The van der Waals surface area contributed by atoms with Gasteiger partial charge in [0.1, 0.15) is 25.0 Å². The van der Waals surface area contributed by atoms with Crippen LogP contribution in [0, 0.1) is 0 Å². The third-order valence-electron chi connectivity index (χ3n) is 2.88. The molecule has 20 heavy (non-hydrogen) atoms. The molecular weight excluding hydrogens is 328 g/mol. The molecule has 6 nitrogen and oxygen atoms in total. The van der Waals surface area contributed by atoms with Crippen LogP contribution in [0.3, 0.4) is 0 Å². The van der Waals surface area contributed by atoms with Gasteiger partial charge in [-0.15, -0.1) is 0 Å². The summed E-state index contributed by atoms with van der Waals surface area (Å²) in [5.41, 5.74) is 0. The number of likely N-dealkylation sites (N-methyl/N-ethyl adjacent to an activating group) is 1. The number of carbonyl (C=O) groups is 2. The highest BCUT2D eigenvalue weighted by Crippen LogP contribution is 2.16. The molecule has 1 aromatic carbocycles. The van der Waals surface area contributed by atoms with Gasteiger partial charge in [-0.05, 0) is 24.3 Å². The van der Waals surface area contributed by atoms with E-state index >= 15 is 0 Å². The first kappa shape index (κ1) is 14.8. The predicted molar refractivity (Wildman–Crippen MR) is 75.4 cm³/mol. The van der Waals surface area contributed by atoms with E-state index in [1.165, 1.54) is 4.90 Å². The topological polar surface area (TPSA) is 70.1 Å². The first-order chi connectivity index (χ1) is 9.47. The molecule has 0 aliphatic carbocycles. The molecular formula is C13H15BrN2O4. The largest absolute Gasteiger partial charge is 0.491 e. The molecule has 1 aliphatic rings. The third-order valence-corrected chi connectivity index (χ3v) is 3.41. The molecule has 0 unspecified atom stereocenters. The van der Waals surface area contributed by atoms with Gasteiger partial charge in [-0.25, -0.2) is 4.79 Å². The van der Waals surface area contributed by atoms with Crippen LogP contribution >= 0.6 is 15.9 Å². The maximum Gasteiger partial charge on any atom is 0.327 e. The lowest BCUT2D eigenvalue weighted by atomic mass is 10.3. The number of benzene rings is 1. The number of β-amino-alcohol motifs (C(OH)–C–C–N with tert-alkyl or cyclic N) is 1. The number of carbonyl (C=O) groups excluding carboxylic acids is 2. The molecule has 108 valence electrons. The van der Waals surface area contributed by atoms with Crippen molar-refractivity contribution in [1.82, 2.24) is 9.80 Å². The zero-order valence-electron chi connectivity index (χ0n) is 11.0. The minimum absolute atomic E-state index is 0.0163. The molecule has 1 aromatic rings. The Morgan fingerprint density at radius 1 is 1.35 bits per heavy atom. The molecule has 1 N–H and O–H groups in total. The van der Waals surface area contributed by atoms with Crippen molar-refractivity contribution >= 4 is 27.9 Å². The average Bonchev–Trinajstić information content (AvgIpc) is 2.65. The summed E-state index contributed by atoms with van der Waals surface area (Å²) in [7, 11) is 1.55. The van der Waals surface area contributed by atoms with E-state index < -0.39 is 12.1 Å². The third kappa shape index (κ3) is 3.49. The molecule has 0 saturated carbocycles. The van der Waals surface area contributed by atoms with E-state index in [-0.39, 0.29) is 25.6 Å². The van der Waals surface area contributed by atoms with Crippen LogP contribution in [0.25, 0.3) is 0 Å². The van der Waals surface area contributed by atoms with Crippen LogP contribution in [0.4, 0.5) is 4.79 Å². The van der Waals surface area contributed by atoms with Gasteiger partial charge in [0, 0.05) is 11.5 Å². The van der Waals surface area contributed by atoms with Gasteiger partial charge in [-0.1, -0.05) is 15.9 Å². The second kappa shape index (κ2) is 6.23. The number of hydrogen-bond donors (Lipinski definition) is 1. The number of urea groups is 1. The molecule has 1 aliphatic heterocycles. The number of amides is 3. The Hall–Kier alpha value is -1.60. The average molecular weight is 343 g/mol. The van der Waals surface area contributed by atoms with Crippen molar-refractivity contribution in [2.75, 3.05) is 26.7 Å². The summed E-state index contributed by atoms with van der Waals surface area (Å²) in [6.45, 7) is 0.0140. The maximum atomic E-state index is 11.6. The number of nitrogens with zero attached hydrogens (tertiary/aromatic N) is 2. The number of rotatable bonds is 5. The molecule has 0 bridgehead atoms. The van der Waals surface area contributed by atoms with Gasteiger partial charge >= 0.3 is 6.03 Å². The number of halogens is 1. The molecule has 0 spiro atoms. The standard InChI is InChI=1S/C13H15BrN2O4/c1-15-7-12(18)16(13(15)19)6-10(17)8-20-11-4-2-9(14)3-5-11/h2-5,10,17H,6-8H2,1H3/t10-/m1/s1. The Bertz CT molecular complexity index is 506. The number of hydrogen-bond acceptors (Lipinski definition) is 4. The van der Waals surface area contributed by atoms with Gasteiger partial charge in [0.15, 0.2) is 0 Å². The van der Waals surface area contributed by atoms with E-state index in [4.69, 9.17) is 4.74 Å². The molecule has 3 amide bonds. The summed E-state index contributed by atoms with van der Waals surface area (Å²) in [5, 5.41) is 9.85. The Labute approximate surface area is 125 Å². The molecule has 1 heterocycles. The van der Waals surface area contributed by atoms with Gasteiger partial charge in [0.05, 0.1) is 6.54 Å². The van der Waals surface area contributed by atoms with Crippen LogP contribution < -0.4 is 4.74 Å². The Morgan fingerprint density at radius 2 is 2.00 bits per heavy atom. The van der Waals surface area contributed by atoms with Crippen LogP contribution in [0.15, 0.2) is 28.7 Å². The van der Waals surface area contributed by atoms with Crippen molar-refractivity contribution < 1.29 is 19.4 Å². The van der Waals surface area contributed by atoms with Gasteiger partial charge in [0.25, 0.3) is 0 Å². The van der Waals surface area contributed by atoms with Crippen LogP contribution in [-0.4, -0.2) is 59.7 Å². The monoisotopic (exact) mass is 342 g/mol. The zero-order valence-corrected chi connectivity index (χ0v) is 12.5. The minimum Gasteiger partial charge on any atom is -0.491 e. The van der Waals surface area contributed by atoms with Crippen LogP contribution in [0.5, 0.6) is 5.75 Å². The summed E-state index contributed by atoms with van der Waals surface area (Å²) in [4.78, 5) is 25.5. The van der Waals surface area contributed by atoms with Crippen molar-refractivity contribution in [2.24, 2.45) is 0 Å². The van der Waals surface area contributed by atoms with Gasteiger partial charge in [0.2, 0.25) is 5.91 Å². The van der Waals surface area contributed by atoms with Gasteiger partial charge < -0.3 is 14.7 Å². The van der Waals surface area contributed by atoms with Crippen LogP contribution in [0.1, 0.15) is 0 Å². The van der Waals surface area contributed by atoms with Crippen molar-refractivity contribution in [1.29, 1.82) is 0 Å². The Kier molecular flexibility index (Phi) is 4.61. The quantitative estimate of drug-likeness (QED) is 0.813. The van der Waals surface area contributed by atoms with E-state index in [0.717, 1.165) is 9.37 Å². The van der Waals surface area contributed by atoms with E-state index in [0.29, 0.717) is 5.75 Å². The fourth-order valence-electron chi connectivity index (χ4n) is 1.84. The molecule has 7 heteroatoms.